The third-order valence-corrected chi connectivity index (χ3v) is 4.67. The van der Waals surface area contributed by atoms with Gasteiger partial charge in [0, 0.05) is 17.5 Å². The van der Waals surface area contributed by atoms with Crippen LogP contribution in [0.25, 0.3) is 0 Å². The summed E-state index contributed by atoms with van der Waals surface area (Å²) >= 11 is 0. The summed E-state index contributed by atoms with van der Waals surface area (Å²) in [7, 11) is 0. The van der Waals surface area contributed by atoms with E-state index in [2.05, 4.69) is 0 Å². The minimum absolute atomic E-state index is 0.266. The maximum Gasteiger partial charge on any atom is 0.261 e. The number of hydrogen-bond acceptors (Lipinski definition) is 1. The second-order valence-electron chi connectivity index (χ2n) is 6.34. The van der Waals surface area contributed by atoms with Crippen LogP contribution in [0, 0.1) is 11.7 Å². The molecule has 0 saturated heterocycles. The molecule has 1 heterocycles. The zero-order valence-electron chi connectivity index (χ0n) is 11.8. The van der Waals surface area contributed by atoms with E-state index in [9.17, 15) is 13.6 Å². The molecule has 108 valence electrons. The minimum atomic E-state index is -1.53. The summed E-state index contributed by atoms with van der Waals surface area (Å²) in [5.41, 5.74) is 0.918. The van der Waals surface area contributed by atoms with Crippen molar-refractivity contribution < 1.29 is 13.6 Å². The Morgan fingerprint density at radius 2 is 2.05 bits per heavy atom. The Morgan fingerprint density at radius 3 is 2.60 bits per heavy atom. The van der Waals surface area contributed by atoms with E-state index in [0.717, 1.165) is 19.3 Å². The summed E-state index contributed by atoms with van der Waals surface area (Å²) in [4.78, 5) is 13.8. The average molecular weight is 279 g/mol. The summed E-state index contributed by atoms with van der Waals surface area (Å²) in [6, 6.07) is 4.76. The molecule has 1 aliphatic heterocycles. The average Bonchev–Trinajstić information content (AvgIpc) is 2.73. The summed E-state index contributed by atoms with van der Waals surface area (Å²) < 4.78 is 28.2. The second kappa shape index (κ2) is 4.54. The Hall–Kier alpha value is -1.45. The van der Waals surface area contributed by atoms with Crippen molar-refractivity contribution in [2.24, 2.45) is 5.92 Å². The van der Waals surface area contributed by atoms with Gasteiger partial charge in [0.25, 0.3) is 5.91 Å². The number of alkyl halides is 1. The summed E-state index contributed by atoms with van der Waals surface area (Å²) in [6.07, 6.45) is 1.27. The highest BCUT2D eigenvalue weighted by molar-refractivity contribution is 5.99. The summed E-state index contributed by atoms with van der Waals surface area (Å²) in [5, 5.41) is 0. The standard InChI is InChI=1S/C16H19F2NO/c1-10(2)14(18)15(20)19-9-16(7-4-8-16)13-11(17)5-3-6-12(13)19/h3,5-6,10,14H,4,7-9H2,1-2H3. The third kappa shape index (κ3) is 1.77. The molecule has 2 aliphatic rings. The summed E-state index contributed by atoms with van der Waals surface area (Å²) in [5.74, 6) is -1.16. The quantitative estimate of drug-likeness (QED) is 0.810. The maximum absolute atomic E-state index is 14.2. The van der Waals surface area contributed by atoms with Gasteiger partial charge in [-0.15, -0.1) is 0 Å². The molecule has 1 aromatic carbocycles. The van der Waals surface area contributed by atoms with Crippen molar-refractivity contribution >= 4 is 11.6 Å². The van der Waals surface area contributed by atoms with Gasteiger partial charge in [-0.3, -0.25) is 4.79 Å². The van der Waals surface area contributed by atoms with Crippen molar-refractivity contribution in [3.63, 3.8) is 0 Å². The lowest BCUT2D eigenvalue weighted by atomic mass is 9.65. The number of anilines is 1. The van der Waals surface area contributed by atoms with E-state index >= 15 is 0 Å². The molecule has 0 radical (unpaired) electrons. The zero-order chi connectivity index (χ0) is 14.5. The smallest absolute Gasteiger partial charge is 0.261 e. The number of carbonyl (C=O) groups excluding carboxylic acids is 1. The first-order valence-corrected chi connectivity index (χ1v) is 7.21. The van der Waals surface area contributed by atoms with Crippen LogP contribution in [0.3, 0.4) is 0 Å². The van der Waals surface area contributed by atoms with Crippen molar-refractivity contribution in [3.8, 4) is 0 Å². The van der Waals surface area contributed by atoms with Crippen LogP contribution in [0.2, 0.25) is 0 Å². The van der Waals surface area contributed by atoms with Gasteiger partial charge in [0.05, 0.1) is 5.69 Å². The van der Waals surface area contributed by atoms with Gasteiger partial charge in [0.2, 0.25) is 0 Å². The van der Waals surface area contributed by atoms with E-state index < -0.39 is 12.1 Å². The van der Waals surface area contributed by atoms with Crippen LogP contribution >= 0.6 is 0 Å². The number of nitrogens with zero attached hydrogens (tertiary/aromatic N) is 1. The first-order chi connectivity index (χ1) is 9.46. The highest BCUT2D eigenvalue weighted by Gasteiger charge is 2.51. The summed E-state index contributed by atoms with van der Waals surface area (Å²) in [6.45, 7) is 3.80. The SMILES string of the molecule is CC(C)C(F)C(=O)N1CC2(CCC2)c2c(F)cccc21. The number of fused-ring (bicyclic) bond motifs is 2. The highest BCUT2D eigenvalue weighted by atomic mass is 19.1. The number of benzene rings is 1. The Balaban J connectivity index is 2.01. The van der Waals surface area contributed by atoms with Gasteiger partial charge >= 0.3 is 0 Å². The van der Waals surface area contributed by atoms with Crippen LogP contribution in [0.1, 0.15) is 38.7 Å². The Morgan fingerprint density at radius 1 is 1.35 bits per heavy atom. The predicted molar refractivity (Wildman–Crippen MR) is 74.0 cm³/mol. The second-order valence-corrected chi connectivity index (χ2v) is 6.34. The van der Waals surface area contributed by atoms with Crippen LogP contribution in [0.5, 0.6) is 0 Å². The lowest BCUT2D eigenvalue weighted by molar-refractivity contribution is -0.124. The first-order valence-electron chi connectivity index (χ1n) is 7.21. The van der Waals surface area contributed by atoms with E-state index in [0.29, 0.717) is 17.8 Å². The number of amides is 1. The molecule has 20 heavy (non-hydrogen) atoms. The van der Waals surface area contributed by atoms with Crippen LogP contribution in [0.15, 0.2) is 18.2 Å². The molecule has 1 saturated carbocycles. The fraction of sp³-hybridized carbons (Fsp3) is 0.562. The molecular weight excluding hydrogens is 260 g/mol. The van der Waals surface area contributed by atoms with E-state index in [4.69, 9.17) is 0 Å². The van der Waals surface area contributed by atoms with Crippen molar-refractivity contribution in [2.75, 3.05) is 11.4 Å². The molecule has 0 bridgehead atoms. The third-order valence-electron chi connectivity index (χ3n) is 4.67. The largest absolute Gasteiger partial charge is 0.309 e. The van der Waals surface area contributed by atoms with Crippen LogP contribution in [-0.4, -0.2) is 18.6 Å². The van der Waals surface area contributed by atoms with Crippen LogP contribution in [-0.2, 0) is 10.2 Å². The van der Waals surface area contributed by atoms with Crippen molar-refractivity contribution in [1.82, 2.24) is 0 Å². The monoisotopic (exact) mass is 279 g/mol. The topological polar surface area (TPSA) is 20.3 Å². The fourth-order valence-corrected chi connectivity index (χ4v) is 3.37. The molecule has 1 spiro atoms. The first kappa shape index (κ1) is 13.5. The minimum Gasteiger partial charge on any atom is -0.309 e. The van der Waals surface area contributed by atoms with Gasteiger partial charge in [0.15, 0.2) is 6.17 Å². The van der Waals surface area contributed by atoms with E-state index in [1.54, 1.807) is 26.0 Å². The molecule has 1 amide bonds. The molecule has 1 aliphatic carbocycles. The molecule has 4 heteroatoms. The number of hydrogen-bond donors (Lipinski definition) is 0. The zero-order valence-corrected chi connectivity index (χ0v) is 11.8. The number of halogens is 2. The van der Waals surface area contributed by atoms with E-state index in [-0.39, 0.29) is 17.2 Å². The lowest BCUT2D eigenvalue weighted by Gasteiger charge is -2.39. The molecule has 1 atom stereocenters. The molecule has 0 N–H and O–H groups in total. The number of carbonyl (C=O) groups is 1. The van der Waals surface area contributed by atoms with Gasteiger partial charge < -0.3 is 4.90 Å². The molecule has 0 aromatic heterocycles. The maximum atomic E-state index is 14.2. The van der Waals surface area contributed by atoms with Crippen molar-refractivity contribution in [1.29, 1.82) is 0 Å². The predicted octanol–water partition coefficient (Wildman–Crippen LogP) is 3.59. The van der Waals surface area contributed by atoms with Crippen molar-refractivity contribution in [2.45, 2.75) is 44.7 Å². The van der Waals surface area contributed by atoms with Gasteiger partial charge in [-0.1, -0.05) is 26.3 Å². The van der Waals surface area contributed by atoms with E-state index in [1.807, 2.05) is 0 Å². The van der Waals surface area contributed by atoms with Gasteiger partial charge in [0.1, 0.15) is 5.82 Å². The van der Waals surface area contributed by atoms with Gasteiger partial charge in [-0.25, -0.2) is 8.78 Å². The Labute approximate surface area is 117 Å². The van der Waals surface area contributed by atoms with E-state index in [1.165, 1.54) is 11.0 Å². The molecule has 2 nitrogen and oxygen atoms in total. The fourth-order valence-electron chi connectivity index (χ4n) is 3.37. The Kier molecular flexibility index (Phi) is 3.07. The Bertz CT molecular complexity index is 551. The molecule has 3 rings (SSSR count). The molecular formula is C16H19F2NO. The van der Waals surface area contributed by atoms with Crippen LogP contribution < -0.4 is 4.90 Å². The number of rotatable bonds is 2. The molecule has 1 aromatic rings. The molecule has 1 unspecified atom stereocenters. The van der Waals surface area contributed by atoms with Gasteiger partial charge in [-0.2, -0.15) is 0 Å². The highest BCUT2D eigenvalue weighted by Crippen LogP contribution is 2.53. The lowest BCUT2D eigenvalue weighted by Crippen LogP contribution is -2.45. The van der Waals surface area contributed by atoms with Gasteiger partial charge in [-0.05, 0) is 30.9 Å². The van der Waals surface area contributed by atoms with Crippen LogP contribution in [0.4, 0.5) is 14.5 Å². The van der Waals surface area contributed by atoms with Crippen molar-refractivity contribution in [3.05, 3.63) is 29.6 Å². The normalized spacial score (nSPS) is 20.9. The molecule has 1 fully saturated rings.